The zero-order chi connectivity index (χ0) is 15.8. The first-order valence-electron chi connectivity index (χ1n) is 7.15. The van der Waals surface area contributed by atoms with Crippen LogP contribution >= 0.6 is 11.3 Å². The van der Waals surface area contributed by atoms with Gasteiger partial charge in [-0.05, 0) is 47.5 Å². The Labute approximate surface area is 137 Å². The summed E-state index contributed by atoms with van der Waals surface area (Å²) >= 11 is 1.69. The van der Waals surface area contributed by atoms with E-state index >= 15 is 0 Å². The summed E-state index contributed by atoms with van der Waals surface area (Å²) in [5, 5.41) is 8.87. The SMILES string of the molecule is N#Cc1ccc(-c2ccc(-c3ccc4c(c3)COC4=O)s2)cc1. The van der Waals surface area contributed by atoms with Crippen LogP contribution in [0, 0.1) is 11.3 Å². The molecule has 0 N–H and O–H groups in total. The van der Waals surface area contributed by atoms with Crippen LogP contribution in [0.4, 0.5) is 0 Å². The molecule has 0 aliphatic carbocycles. The minimum Gasteiger partial charge on any atom is -0.457 e. The Hall–Kier alpha value is -2.90. The molecular weight excluding hydrogens is 306 g/mol. The monoisotopic (exact) mass is 317 g/mol. The molecule has 0 amide bonds. The van der Waals surface area contributed by atoms with Gasteiger partial charge in [0.1, 0.15) is 6.61 Å². The van der Waals surface area contributed by atoms with Gasteiger partial charge in [-0.3, -0.25) is 0 Å². The van der Waals surface area contributed by atoms with Gasteiger partial charge < -0.3 is 4.74 Å². The van der Waals surface area contributed by atoms with Crippen molar-refractivity contribution in [2.75, 3.05) is 0 Å². The second-order valence-electron chi connectivity index (χ2n) is 5.30. The van der Waals surface area contributed by atoms with Gasteiger partial charge >= 0.3 is 5.97 Å². The topological polar surface area (TPSA) is 50.1 Å². The van der Waals surface area contributed by atoms with Crippen molar-refractivity contribution in [2.24, 2.45) is 0 Å². The van der Waals surface area contributed by atoms with E-state index in [-0.39, 0.29) is 5.97 Å². The number of nitrogens with zero attached hydrogens (tertiary/aromatic N) is 1. The fourth-order valence-corrected chi connectivity index (χ4v) is 3.65. The molecule has 0 saturated carbocycles. The molecule has 1 aliphatic rings. The number of hydrogen-bond donors (Lipinski definition) is 0. The van der Waals surface area contributed by atoms with E-state index in [0.29, 0.717) is 17.7 Å². The predicted octanol–water partition coefficient (Wildman–Crippen LogP) is 4.62. The van der Waals surface area contributed by atoms with Crippen molar-refractivity contribution in [1.29, 1.82) is 5.26 Å². The Morgan fingerprint density at radius 2 is 1.65 bits per heavy atom. The highest BCUT2D eigenvalue weighted by molar-refractivity contribution is 7.18. The maximum Gasteiger partial charge on any atom is 0.338 e. The summed E-state index contributed by atoms with van der Waals surface area (Å²) < 4.78 is 5.05. The van der Waals surface area contributed by atoms with Crippen molar-refractivity contribution in [2.45, 2.75) is 6.61 Å². The van der Waals surface area contributed by atoms with E-state index in [1.165, 1.54) is 0 Å². The van der Waals surface area contributed by atoms with Crippen LogP contribution in [0.1, 0.15) is 21.5 Å². The number of carbonyl (C=O) groups is 1. The number of benzene rings is 2. The molecule has 3 aromatic rings. The van der Waals surface area contributed by atoms with Crippen LogP contribution in [-0.4, -0.2) is 5.97 Å². The van der Waals surface area contributed by atoms with Crippen LogP contribution in [0.25, 0.3) is 20.9 Å². The van der Waals surface area contributed by atoms with Gasteiger partial charge in [0.15, 0.2) is 0 Å². The lowest BCUT2D eigenvalue weighted by Gasteiger charge is -2.00. The summed E-state index contributed by atoms with van der Waals surface area (Å²) in [5.41, 5.74) is 4.46. The number of hydrogen-bond acceptors (Lipinski definition) is 4. The van der Waals surface area contributed by atoms with Gasteiger partial charge in [-0.1, -0.05) is 18.2 Å². The molecule has 110 valence electrons. The van der Waals surface area contributed by atoms with Crippen molar-refractivity contribution in [3.8, 4) is 27.0 Å². The van der Waals surface area contributed by atoms with Gasteiger partial charge in [-0.15, -0.1) is 11.3 Å². The van der Waals surface area contributed by atoms with Crippen LogP contribution in [0.2, 0.25) is 0 Å². The number of ether oxygens (including phenoxy) is 1. The lowest BCUT2D eigenvalue weighted by molar-refractivity contribution is 0.0535. The van der Waals surface area contributed by atoms with Crippen molar-refractivity contribution in [3.05, 3.63) is 71.3 Å². The van der Waals surface area contributed by atoms with Crippen molar-refractivity contribution >= 4 is 17.3 Å². The predicted molar refractivity (Wildman–Crippen MR) is 89.0 cm³/mol. The van der Waals surface area contributed by atoms with E-state index in [1.807, 2.05) is 42.5 Å². The van der Waals surface area contributed by atoms with Gasteiger partial charge in [0.05, 0.1) is 17.2 Å². The number of esters is 1. The summed E-state index contributed by atoms with van der Waals surface area (Å²) in [5.74, 6) is -0.240. The highest BCUT2D eigenvalue weighted by atomic mass is 32.1. The maximum absolute atomic E-state index is 11.5. The average molecular weight is 317 g/mol. The molecule has 4 heteroatoms. The van der Waals surface area contributed by atoms with Crippen molar-refractivity contribution in [3.63, 3.8) is 0 Å². The standard InChI is InChI=1S/C19H11NO2S/c20-10-12-1-3-13(4-2-12)17-7-8-18(23-17)14-5-6-16-15(9-14)11-22-19(16)21/h1-9H,11H2. The van der Waals surface area contributed by atoms with Gasteiger partial charge in [0, 0.05) is 15.3 Å². The summed E-state index contributed by atoms with van der Waals surface area (Å²) in [6, 6.07) is 19.7. The molecule has 1 aromatic heterocycles. The molecule has 0 unspecified atom stereocenters. The lowest BCUT2D eigenvalue weighted by atomic mass is 10.1. The van der Waals surface area contributed by atoms with Gasteiger partial charge in [-0.25, -0.2) is 4.79 Å². The number of rotatable bonds is 2. The Balaban J connectivity index is 1.68. The van der Waals surface area contributed by atoms with E-state index < -0.39 is 0 Å². The molecule has 1 aliphatic heterocycles. The van der Waals surface area contributed by atoms with E-state index in [0.717, 1.165) is 26.4 Å². The van der Waals surface area contributed by atoms with Crippen molar-refractivity contribution in [1.82, 2.24) is 0 Å². The molecule has 4 rings (SSSR count). The third kappa shape index (κ3) is 2.41. The zero-order valence-corrected chi connectivity index (χ0v) is 12.9. The number of thiophene rings is 1. The van der Waals surface area contributed by atoms with Gasteiger partial charge in [0.2, 0.25) is 0 Å². The van der Waals surface area contributed by atoms with Crippen LogP contribution in [0.15, 0.2) is 54.6 Å². The maximum atomic E-state index is 11.5. The molecule has 2 aromatic carbocycles. The van der Waals surface area contributed by atoms with Crippen molar-refractivity contribution < 1.29 is 9.53 Å². The highest BCUT2D eigenvalue weighted by Gasteiger charge is 2.21. The average Bonchev–Trinajstić information content (AvgIpc) is 3.22. The summed E-state index contributed by atoms with van der Waals surface area (Å²) in [7, 11) is 0. The van der Waals surface area contributed by atoms with Gasteiger partial charge in [0.25, 0.3) is 0 Å². The Bertz CT molecular complexity index is 948. The van der Waals surface area contributed by atoms with E-state index in [2.05, 4.69) is 18.2 Å². The fourth-order valence-electron chi connectivity index (χ4n) is 2.64. The minimum atomic E-state index is -0.240. The van der Waals surface area contributed by atoms with Crippen LogP contribution in [0.3, 0.4) is 0 Å². The molecule has 3 nitrogen and oxygen atoms in total. The number of fused-ring (bicyclic) bond motifs is 1. The first-order valence-corrected chi connectivity index (χ1v) is 7.97. The molecule has 0 atom stereocenters. The normalized spacial score (nSPS) is 12.6. The number of nitriles is 1. The van der Waals surface area contributed by atoms with E-state index in [4.69, 9.17) is 10.00 Å². The van der Waals surface area contributed by atoms with Crippen LogP contribution < -0.4 is 0 Å². The molecule has 0 fully saturated rings. The summed E-state index contributed by atoms with van der Waals surface area (Å²) in [4.78, 5) is 13.8. The number of cyclic esters (lactones) is 1. The fraction of sp³-hybridized carbons (Fsp3) is 0.0526. The van der Waals surface area contributed by atoms with Crippen LogP contribution in [-0.2, 0) is 11.3 Å². The second kappa shape index (κ2) is 5.38. The molecule has 0 radical (unpaired) electrons. The first kappa shape index (κ1) is 13.7. The molecule has 0 bridgehead atoms. The van der Waals surface area contributed by atoms with Gasteiger partial charge in [-0.2, -0.15) is 5.26 Å². The molecular formula is C19H11NO2S. The minimum absolute atomic E-state index is 0.240. The molecule has 2 heterocycles. The van der Waals surface area contributed by atoms with Crippen LogP contribution in [0.5, 0.6) is 0 Å². The smallest absolute Gasteiger partial charge is 0.338 e. The quantitative estimate of drug-likeness (QED) is 0.648. The molecule has 0 spiro atoms. The molecule has 23 heavy (non-hydrogen) atoms. The highest BCUT2D eigenvalue weighted by Crippen LogP contribution is 2.36. The first-order chi connectivity index (χ1) is 11.2. The Morgan fingerprint density at radius 1 is 0.957 bits per heavy atom. The molecule has 0 saturated heterocycles. The van der Waals surface area contributed by atoms with E-state index in [1.54, 1.807) is 11.3 Å². The lowest BCUT2D eigenvalue weighted by Crippen LogP contribution is -1.92. The largest absolute Gasteiger partial charge is 0.457 e. The Kier molecular flexibility index (Phi) is 3.22. The second-order valence-corrected chi connectivity index (χ2v) is 6.38. The van der Waals surface area contributed by atoms with E-state index in [9.17, 15) is 4.79 Å². The number of carbonyl (C=O) groups excluding carboxylic acids is 1. The zero-order valence-electron chi connectivity index (χ0n) is 12.1. The third-order valence-corrected chi connectivity index (χ3v) is 5.06. The third-order valence-electron chi connectivity index (χ3n) is 3.87. The summed E-state index contributed by atoms with van der Waals surface area (Å²) in [6.45, 7) is 0.357. The Morgan fingerprint density at radius 3 is 2.39 bits per heavy atom. The summed E-state index contributed by atoms with van der Waals surface area (Å²) in [6.07, 6.45) is 0.